The number of fused-ring (bicyclic) bond motifs is 1. The molecule has 1 fully saturated rings. The summed E-state index contributed by atoms with van der Waals surface area (Å²) in [6.07, 6.45) is -8.56. The van der Waals surface area contributed by atoms with E-state index in [1.54, 1.807) is 72.8 Å². The van der Waals surface area contributed by atoms with Crippen LogP contribution < -0.4 is 14.9 Å². The van der Waals surface area contributed by atoms with Gasteiger partial charge in [0.25, 0.3) is 0 Å². The molecule has 16 nitrogen and oxygen atoms in total. The minimum absolute atomic E-state index is 0.0630. The molecule has 1 saturated heterocycles. The number of rotatable bonds is 13. The molecule has 0 aliphatic carbocycles. The van der Waals surface area contributed by atoms with E-state index in [0.29, 0.717) is 0 Å². The Labute approximate surface area is 374 Å². The Bertz CT molecular complexity index is 2940. The first-order chi connectivity index (χ1) is 32.0. The lowest BCUT2D eigenvalue weighted by molar-refractivity contribution is -0.275. The van der Waals surface area contributed by atoms with Crippen molar-refractivity contribution < 1.29 is 72.1 Å². The number of hydrogen-bond donors (Lipinski definition) is 3. The molecule has 6 aromatic carbocycles. The van der Waals surface area contributed by atoms with Crippen LogP contribution in [0.15, 0.2) is 161 Å². The third-order valence-electron chi connectivity index (χ3n) is 10.3. The summed E-state index contributed by atoms with van der Waals surface area (Å²) in [5.41, 5.74) is -0.568. The van der Waals surface area contributed by atoms with E-state index in [1.807, 2.05) is 0 Å². The number of esters is 4. The van der Waals surface area contributed by atoms with E-state index in [0.717, 1.165) is 12.1 Å². The van der Waals surface area contributed by atoms with Crippen molar-refractivity contribution in [3.05, 3.63) is 184 Å². The summed E-state index contributed by atoms with van der Waals surface area (Å²) in [6.45, 7) is -0.639. The summed E-state index contributed by atoms with van der Waals surface area (Å²) in [7, 11) is 1.20. The van der Waals surface area contributed by atoms with E-state index in [9.17, 15) is 39.3 Å². The van der Waals surface area contributed by atoms with Gasteiger partial charge in [0.05, 0.1) is 29.4 Å². The van der Waals surface area contributed by atoms with Gasteiger partial charge in [-0.25, -0.2) is 19.2 Å². The summed E-state index contributed by atoms with van der Waals surface area (Å²) in [4.78, 5) is 69.0. The maximum Gasteiger partial charge on any atom is 0.338 e. The first-order valence-electron chi connectivity index (χ1n) is 20.2. The summed E-state index contributed by atoms with van der Waals surface area (Å²) in [5, 5.41) is 31.2. The van der Waals surface area contributed by atoms with Gasteiger partial charge in [0, 0.05) is 17.7 Å². The normalized spacial score (nSPS) is 17.8. The van der Waals surface area contributed by atoms with Gasteiger partial charge < -0.3 is 52.9 Å². The standard InChI is InChI=1S/C50H38O16/c1-59-43-40(54)39-36(53)25-33(26-37(39)62-41(43)32-22-23-34(51)35(52)24-32)61-50-45(66-49(58)31-20-12-5-13-21-31)44(65-48(57)30-18-10-4-11-19-30)42(64-47(56)29-16-8-3-9-17-29)38(63-50)27-60-46(55)28-14-6-2-7-15-28/h2-26,38,42,44-45,50-53H,27H2,1H3/t38-,42-,44+,45-,50-/m1/s1. The van der Waals surface area contributed by atoms with Crippen LogP contribution in [0.2, 0.25) is 0 Å². The van der Waals surface area contributed by atoms with Crippen molar-refractivity contribution >= 4 is 34.8 Å². The van der Waals surface area contributed by atoms with Crippen LogP contribution >= 0.6 is 0 Å². The molecule has 3 N–H and O–H groups in total. The third kappa shape index (κ3) is 9.48. The fraction of sp³-hybridized carbons (Fsp3) is 0.140. The van der Waals surface area contributed by atoms with Crippen molar-refractivity contribution in [2.45, 2.75) is 30.7 Å². The van der Waals surface area contributed by atoms with E-state index in [1.165, 1.54) is 73.8 Å². The summed E-state index contributed by atoms with van der Waals surface area (Å²) >= 11 is 0. The zero-order chi connectivity index (χ0) is 46.3. The SMILES string of the molecule is COc1c(-c2ccc(O)c(O)c2)oc2cc(O[C@@H]3O[C@H](COC(=O)c4ccccc4)[C@@H](OC(=O)c4ccccc4)[C@H](OC(=O)c4ccccc4)[C@H]3OC(=O)c3ccccc3)cc(O)c2c1=O. The van der Waals surface area contributed by atoms with Crippen molar-refractivity contribution in [1.82, 2.24) is 0 Å². The van der Waals surface area contributed by atoms with Crippen molar-refractivity contribution in [2.75, 3.05) is 13.7 Å². The van der Waals surface area contributed by atoms with Crippen LogP contribution in [0.1, 0.15) is 41.4 Å². The quantitative estimate of drug-likeness (QED) is 0.0590. The number of methoxy groups -OCH3 is 1. The zero-order valence-electron chi connectivity index (χ0n) is 34.7. The van der Waals surface area contributed by atoms with Crippen molar-refractivity contribution in [1.29, 1.82) is 0 Å². The number of phenols is 3. The summed E-state index contributed by atoms with van der Waals surface area (Å²) < 4.78 is 48.2. The second kappa shape index (κ2) is 19.4. The molecule has 2 heterocycles. The molecule has 66 heavy (non-hydrogen) atoms. The molecule has 16 heteroatoms. The Kier molecular flexibility index (Phi) is 12.9. The molecular formula is C50H38O16. The third-order valence-corrected chi connectivity index (χ3v) is 10.3. The van der Waals surface area contributed by atoms with Crippen molar-refractivity contribution in [3.63, 3.8) is 0 Å². The van der Waals surface area contributed by atoms with Gasteiger partial charge in [-0.2, -0.15) is 0 Å². The number of carbonyl (C=O) groups excluding carboxylic acids is 4. The largest absolute Gasteiger partial charge is 0.507 e. The topological polar surface area (TPSA) is 224 Å². The van der Waals surface area contributed by atoms with Crippen LogP contribution in [0, 0.1) is 0 Å². The van der Waals surface area contributed by atoms with Gasteiger partial charge in [-0.3, -0.25) is 4.79 Å². The number of benzene rings is 6. The predicted octanol–water partition coefficient (Wildman–Crippen LogP) is 7.22. The molecule has 0 saturated carbocycles. The van der Waals surface area contributed by atoms with E-state index >= 15 is 0 Å². The van der Waals surface area contributed by atoms with E-state index in [2.05, 4.69) is 0 Å². The molecule has 0 spiro atoms. The fourth-order valence-electron chi connectivity index (χ4n) is 7.12. The molecule has 334 valence electrons. The predicted molar refractivity (Wildman–Crippen MR) is 232 cm³/mol. The molecule has 0 amide bonds. The molecule has 0 bridgehead atoms. The lowest BCUT2D eigenvalue weighted by Gasteiger charge is -2.44. The Balaban J connectivity index is 1.25. The molecule has 1 aliphatic rings. The highest BCUT2D eigenvalue weighted by atomic mass is 16.7. The average Bonchev–Trinajstić information content (AvgIpc) is 3.34. The molecule has 8 rings (SSSR count). The fourth-order valence-corrected chi connectivity index (χ4v) is 7.12. The lowest BCUT2D eigenvalue weighted by Crippen LogP contribution is -2.63. The van der Waals surface area contributed by atoms with Gasteiger partial charge in [-0.05, 0) is 66.7 Å². The molecular weight excluding hydrogens is 857 g/mol. The maximum absolute atomic E-state index is 14.0. The Morgan fingerprint density at radius 2 is 1.06 bits per heavy atom. The summed E-state index contributed by atoms with van der Waals surface area (Å²) in [6, 6.07) is 37.3. The van der Waals surface area contributed by atoms with Gasteiger partial charge in [0.15, 0.2) is 29.5 Å². The second-order valence-electron chi connectivity index (χ2n) is 14.6. The van der Waals surface area contributed by atoms with Crippen LogP contribution in [0.3, 0.4) is 0 Å². The van der Waals surface area contributed by atoms with Crippen LogP contribution in [0.5, 0.6) is 28.7 Å². The van der Waals surface area contributed by atoms with Crippen LogP contribution in [0.4, 0.5) is 0 Å². The maximum atomic E-state index is 14.0. The Morgan fingerprint density at radius 1 is 0.561 bits per heavy atom. The van der Waals surface area contributed by atoms with Crippen LogP contribution in [-0.4, -0.2) is 83.6 Å². The lowest BCUT2D eigenvalue weighted by atomic mass is 9.97. The minimum Gasteiger partial charge on any atom is -0.507 e. The monoisotopic (exact) mass is 894 g/mol. The van der Waals surface area contributed by atoms with E-state index < -0.39 is 83.9 Å². The van der Waals surface area contributed by atoms with Crippen molar-refractivity contribution in [2.24, 2.45) is 0 Å². The van der Waals surface area contributed by atoms with Gasteiger partial charge in [-0.1, -0.05) is 72.8 Å². The molecule has 1 aliphatic heterocycles. The number of carbonyl (C=O) groups is 4. The van der Waals surface area contributed by atoms with Gasteiger partial charge in [-0.15, -0.1) is 0 Å². The molecule has 1 aromatic heterocycles. The van der Waals surface area contributed by atoms with E-state index in [4.69, 9.17) is 37.6 Å². The second-order valence-corrected chi connectivity index (χ2v) is 14.6. The highest BCUT2D eigenvalue weighted by Gasteiger charge is 2.54. The first-order valence-corrected chi connectivity index (χ1v) is 20.2. The smallest absolute Gasteiger partial charge is 0.338 e. The molecule has 0 unspecified atom stereocenters. The molecule has 5 atom stereocenters. The zero-order valence-corrected chi connectivity index (χ0v) is 34.7. The first kappa shape index (κ1) is 44.0. The molecule has 0 radical (unpaired) electrons. The Hall–Kier alpha value is -8.63. The van der Waals surface area contributed by atoms with E-state index in [-0.39, 0.29) is 56.0 Å². The Morgan fingerprint density at radius 3 is 1.58 bits per heavy atom. The minimum atomic E-state index is -1.83. The number of aromatic hydroxyl groups is 3. The van der Waals surface area contributed by atoms with Crippen molar-refractivity contribution in [3.8, 4) is 40.1 Å². The van der Waals surface area contributed by atoms with Gasteiger partial charge >= 0.3 is 23.9 Å². The van der Waals surface area contributed by atoms with Gasteiger partial charge in [0.2, 0.25) is 23.6 Å². The van der Waals surface area contributed by atoms with Crippen LogP contribution in [-0.2, 0) is 23.7 Å². The summed E-state index contributed by atoms with van der Waals surface area (Å²) in [5.74, 6) is -5.98. The number of ether oxygens (including phenoxy) is 7. The van der Waals surface area contributed by atoms with Gasteiger partial charge in [0.1, 0.15) is 35.2 Å². The highest BCUT2D eigenvalue weighted by Crippen LogP contribution is 2.40. The highest BCUT2D eigenvalue weighted by molar-refractivity contribution is 5.92. The molecule has 7 aromatic rings. The number of phenolic OH excluding ortho intramolecular Hbond substituents is 3. The average molecular weight is 895 g/mol. The number of hydrogen-bond acceptors (Lipinski definition) is 16. The van der Waals surface area contributed by atoms with Crippen LogP contribution in [0.25, 0.3) is 22.3 Å².